The fourth-order valence-corrected chi connectivity index (χ4v) is 2.44. The maximum atomic E-state index is 11.2. The maximum Gasteiger partial charge on any atom is 0.311 e. The average Bonchev–Trinajstić information content (AvgIpc) is 3.02. The molecule has 0 bridgehead atoms. The summed E-state index contributed by atoms with van der Waals surface area (Å²) >= 11 is 0. The Hall–Kier alpha value is -3.42. The van der Waals surface area contributed by atoms with Crippen LogP contribution < -0.4 is 10.2 Å². The van der Waals surface area contributed by atoms with Gasteiger partial charge in [0.2, 0.25) is 5.95 Å². The zero-order chi connectivity index (χ0) is 18.5. The highest BCUT2D eigenvalue weighted by Crippen LogP contribution is 2.27. The highest BCUT2D eigenvalue weighted by molar-refractivity contribution is 5.82. The first-order valence-electron chi connectivity index (χ1n) is 8.23. The second-order valence-electron chi connectivity index (χ2n) is 5.81. The van der Waals surface area contributed by atoms with Gasteiger partial charge in [-0.25, -0.2) is 10.4 Å². The summed E-state index contributed by atoms with van der Waals surface area (Å²) in [6.45, 7) is 4.38. The standard InChI is InChI=1S/C18H19N5O3/c1-3-8-26-17-7-5-13(10-16(17)23(24)25)11-19-22-18-20-14-6-4-12(2)9-15(14)21-18/h4-7,9-11H,3,8H2,1-2H3,(H2,20,21,22)/b19-11-. The monoisotopic (exact) mass is 353 g/mol. The Labute approximate surface area is 150 Å². The molecule has 8 heteroatoms. The summed E-state index contributed by atoms with van der Waals surface area (Å²) in [6, 6.07) is 10.6. The number of imidazole rings is 1. The van der Waals surface area contributed by atoms with E-state index < -0.39 is 4.92 Å². The number of anilines is 1. The average molecular weight is 353 g/mol. The van der Waals surface area contributed by atoms with Crippen LogP contribution in [-0.2, 0) is 0 Å². The molecule has 3 rings (SSSR count). The number of aromatic nitrogens is 2. The topological polar surface area (TPSA) is 105 Å². The van der Waals surface area contributed by atoms with Gasteiger partial charge in [-0.1, -0.05) is 13.0 Å². The van der Waals surface area contributed by atoms with E-state index >= 15 is 0 Å². The number of nitrogens with zero attached hydrogens (tertiary/aromatic N) is 3. The molecule has 0 unspecified atom stereocenters. The predicted octanol–water partition coefficient (Wildman–Crippen LogP) is 4.01. The highest BCUT2D eigenvalue weighted by Gasteiger charge is 2.15. The third-order valence-corrected chi connectivity index (χ3v) is 3.66. The van der Waals surface area contributed by atoms with E-state index in [9.17, 15) is 10.1 Å². The minimum atomic E-state index is -0.461. The fourth-order valence-electron chi connectivity index (χ4n) is 2.44. The van der Waals surface area contributed by atoms with Crippen molar-refractivity contribution in [2.24, 2.45) is 5.10 Å². The SMILES string of the molecule is CCCOc1ccc(/C=N\Nc2nc3ccc(C)cc3[nH]2)cc1[N+](=O)[O-]. The van der Waals surface area contributed by atoms with Crippen LogP contribution in [0.1, 0.15) is 24.5 Å². The zero-order valence-electron chi connectivity index (χ0n) is 14.5. The number of rotatable bonds is 7. The molecule has 0 spiro atoms. The number of fused-ring (bicyclic) bond motifs is 1. The van der Waals surface area contributed by atoms with Gasteiger partial charge in [-0.3, -0.25) is 10.1 Å². The highest BCUT2D eigenvalue weighted by atomic mass is 16.6. The quantitative estimate of drug-likeness (QED) is 0.379. The lowest BCUT2D eigenvalue weighted by atomic mass is 10.2. The molecular weight excluding hydrogens is 334 g/mol. The van der Waals surface area contributed by atoms with Gasteiger partial charge in [-0.2, -0.15) is 5.10 Å². The molecule has 0 amide bonds. The molecule has 1 aromatic heterocycles. The molecule has 26 heavy (non-hydrogen) atoms. The molecule has 2 N–H and O–H groups in total. The van der Waals surface area contributed by atoms with Crippen LogP contribution in [0.15, 0.2) is 41.5 Å². The van der Waals surface area contributed by atoms with E-state index in [1.165, 1.54) is 12.3 Å². The number of hydrogen-bond acceptors (Lipinski definition) is 6. The van der Waals surface area contributed by atoms with Crippen LogP contribution in [0.25, 0.3) is 11.0 Å². The number of nitro groups is 1. The van der Waals surface area contributed by atoms with Gasteiger partial charge in [0.1, 0.15) is 0 Å². The summed E-state index contributed by atoms with van der Waals surface area (Å²) in [5.74, 6) is 0.758. The molecule has 3 aromatic rings. The lowest BCUT2D eigenvalue weighted by molar-refractivity contribution is -0.385. The van der Waals surface area contributed by atoms with E-state index in [0.29, 0.717) is 18.1 Å². The van der Waals surface area contributed by atoms with Gasteiger partial charge < -0.3 is 9.72 Å². The summed E-state index contributed by atoms with van der Waals surface area (Å²) in [4.78, 5) is 18.2. The lowest BCUT2D eigenvalue weighted by Crippen LogP contribution is -2.00. The normalized spacial score (nSPS) is 11.2. The summed E-state index contributed by atoms with van der Waals surface area (Å²) in [5, 5.41) is 15.3. The van der Waals surface area contributed by atoms with Crippen LogP contribution >= 0.6 is 0 Å². The first-order valence-corrected chi connectivity index (χ1v) is 8.23. The first kappa shape index (κ1) is 17.4. The number of hydrogen-bond donors (Lipinski definition) is 2. The lowest BCUT2D eigenvalue weighted by Gasteiger charge is -2.05. The third kappa shape index (κ3) is 3.97. The molecule has 0 atom stereocenters. The molecule has 0 radical (unpaired) electrons. The van der Waals surface area contributed by atoms with Gasteiger partial charge in [0.25, 0.3) is 0 Å². The maximum absolute atomic E-state index is 11.2. The molecule has 8 nitrogen and oxygen atoms in total. The van der Waals surface area contributed by atoms with Crippen molar-refractivity contribution < 1.29 is 9.66 Å². The van der Waals surface area contributed by atoms with Crippen molar-refractivity contribution in [2.45, 2.75) is 20.3 Å². The van der Waals surface area contributed by atoms with Crippen LogP contribution in [0.2, 0.25) is 0 Å². The van der Waals surface area contributed by atoms with Gasteiger partial charge in [-0.15, -0.1) is 0 Å². The summed E-state index contributed by atoms with van der Waals surface area (Å²) in [6.07, 6.45) is 2.27. The number of ether oxygens (including phenoxy) is 1. The van der Waals surface area contributed by atoms with E-state index in [-0.39, 0.29) is 11.4 Å². The minimum Gasteiger partial charge on any atom is -0.487 e. The van der Waals surface area contributed by atoms with Crippen LogP contribution in [0.4, 0.5) is 11.6 Å². The third-order valence-electron chi connectivity index (χ3n) is 3.66. The molecular formula is C18H19N5O3. The molecule has 0 saturated heterocycles. The predicted molar refractivity (Wildman–Crippen MR) is 101 cm³/mol. The number of nitro benzene ring substituents is 1. The van der Waals surface area contributed by atoms with E-state index in [0.717, 1.165) is 23.0 Å². The largest absolute Gasteiger partial charge is 0.487 e. The number of H-pyrrole nitrogens is 1. The Bertz CT molecular complexity index is 965. The number of aryl methyl sites for hydroxylation is 1. The Balaban J connectivity index is 1.74. The summed E-state index contributed by atoms with van der Waals surface area (Å²) < 4.78 is 5.40. The van der Waals surface area contributed by atoms with Crippen LogP contribution in [-0.4, -0.2) is 27.7 Å². The smallest absolute Gasteiger partial charge is 0.311 e. The van der Waals surface area contributed by atoms with Crippen molar-refractivity contribution in [1.29, 1.82) is 0 Å². The summed E-state index contributed by atoms with van der Waals surface area (Å²) in [5.41, 5.74) is 6.18. The number of hydrazone groups is 1. The number of benzene rings is 2. The van der Waals surface area contributed by atoms with E-state index in [4.69, 9.17) is 4.74 Å². The van der Waals surface area contributed by atoms with Crippen molar-refractivity contribution in [3.05, 3.63) is 57.6 Å². The Kier molecular flexibility index (Phi) is 5.12. The Morgan fingerprint density at radius 1 is 1.35 bits per heavy atom. The van der Waals surface area contributed by atoms with Crippen molar-refractivity contribution in [1.82, 2.24) is 9.97 Å². The van der Waals surface area contributed by atoms with Gasteiger partial charge in [0.05, 0.1) is 28.8 Å². The number of nitrogens with one attached hydrogen (secondary N) is 2. The molecule has 0 fully saturated rings. The van der Waals surface area contributed by atoms with Gasteiger partial charge >= 0.3 is 5.69 Å². The number of aromatic amines is 1. The van der Waals surface area contributed by atoms with Crippen molar-refractivity contribution in [2.75, 3.05) is 12.0 Å². The van der Waals surface area contributed by atoms with Crippen molar-refractivity contribution in [3.8, 4) is 5.75 Å². The summed E-state index contributed by atoms with van der Waals surface area (Å²) in [7, 11) is 0. The van der Waals surface area contributed by atoms with Crippen LogP contribution in [0.3, 0.4) is 0 Å². The van der Waals surface area contributed by atoms with Gasteiger partial charge in [0.15, 0.2) is 5.75 Å². The molecule has 0 saturated carbocycles. The van der Waals surface area contributed by atoms with Gasteiger partial charge in [-0.05, 0) is 43.2 Å². The minimum absolute atomic E-state index is 0.0818. The zero-order valence-corrected chi connectivity index (χ0v) is 14.5. The second kappa shape index (κ2) is 7.64. The fraction of sp³-hybridized carbons (Fsp3) is 0.222. The van der Waals surface area contributed by atoms with Gasteiger partial charge in [0, 0.05) is 11.6 Å². The van der Waals surface area contributed by atoms with E-state index in [2.05, 4.69) is 20.5 Å². The van der Waals surface area contributed by atoms with Crippen LogP contribution in [0.5, 0.6) is 5.75 Å². The van der Waals surface area contributed by atoms with E-state index in [1.54, 1.807) is 12.1 Å². The van der Waals surface area contributed by atoms with Crippen molar-refractivity contribution in [3.63, 3.8) is 0 Å². The molecule has 0 aliphatic carbocycles. The molecule has 1 heterocycles. The van der Waals surface area contributed by atoms with E-state index in [1.807, 2.05) is 32.0 Å². The molecule has 0 aliphatic rings. The Morgan fingerprint density at radius 3 is 2.96 bits per heavy atom. The first-order chi connectivity index (χ1) is 12.6. The molecule has 0 aliphatic heterocycles. The second-order valence-corrected chi connectivity index (χ2v) is 5.81. The van der Waals surface area contributed by atoms with Crippen molar-refractivity contribution >= 4 is 28.9 Å². The molecule has 134 valence electrons. The molecule has 2 aromatic carbocycles. The Morgan fingerprint density at radius 2 is 2.19 bits per heavy atom. The van der Waals surface area contributed by atoms with Crippen LogP contribution in [0, 0.1) is 17.0 Å².